The molecule has 0 amide bonds. The second-order valence-electron chi connectivity index (χ2n) is 5.67. The molecule has 1 heterocycles. The van der Waals surface area contributed by atoms with E-state index in [0.29, 0.717) is 0 Å². The van der Waals surface area contributed by atoms with Crippen LogP contribution < -0.4 is 5.32 Å². The van der Waals surface area contributed by atoms with Crippen LogP contribution in [-0.4, -0.2) is 16.0 Å². The molecule has 3 heteroatoms. The third kappa shape index (κ3) is 2.71. The molecule has 3 nitrogen and oxygen atoms in total. The van der Waals surface area contributed by atoms with E-state index in [0.717, 1.165) is 24.1 Å². The molecule has 19 heavy (non-hydrogen) atoms. The molecule has 2 N–H and O–H groups in total. The Bertz CT molecular complexity index is 571. The van der Waals surface area contributed by atoms with Gasteiger partial charge in [-0.25, -0.2) is 4.98 Å². The van der Waals surface area contributed by atoms with Crippen LogP contribution in [0.3, 0.4) is 0 Å². The maximum absolute atomic E-state index is 4.48. The summed E-state index contributed by atoms with van der Waals surface area (Å²) in [5.41, 5.74) is 6.35. The lowest BCUT2D eigenvalue weighted by atomic mass is 9.98. The minimum absolute atomic E-state index is 0.719. The van der Waals surface area contributed by atoms with Gasteiger partial charge in [-0.1, -0.05) is 17.7 Å². The lowest BCUT2D eigenvalue weighted by molar-refractivity contribution is 0.664. The van der Waals surface area contributed by atoms with Gasteiger partial charge in [0.25, 0.3) is 0 Å². The Morgan fingerprint density at radius 1 is 1.21 bits per heavy atom. The van der Waals surface area contributed by atoms with Gasteiger partial charge in [0.15, 0.2) is 0 Å². The summed E-state index contributed by atoms with van der Waals surface area (Å²) < 4.78 is 0. The zero-order chi connectivity index (χ0) is 13.4. The third-order valence-corrected chi connectivity index (χ3v) is 3.71. The number of nitrogens with one attached hydrogen (secondary N) is 2. The minimum atomic E-state index is 0.719. The van der Waals surface area contributed by atoms with Crippen LogP contribution in [0.5, 0.6) is 0 Å². The molecule has 1 fully saturated rings. The summed E-state index contributed by atoms with van der Waals surface area (Å²) in [6.07, 6.45) is 4.57. The maximum Gasteiger partial charge on any atom is 0.120 e. The van der Waals surface area contributed by atoms with Gasteiger partial charge in [0.2, 0.25) is 0 Å². The highest BCUT2D eigenvalue weighted by molar-refractivity contribution is 5.67. The van der Waals surface area contributed by atoms with E-state index in [-0.39, 0.29) is 0 Å². The second-order valence-corrected chi connectivity index (χ2v) is 5.67. The van der Waals surface area contributed by atoms with Gasteiger partial charge in [-0.2, -0.15) is 0 Å². The van der Waals surface area contributed by atoms with Gasteiger partial charge >= 0.3 is 0 Å². The smallest absolute Gasteiger partial charge is 0.120 e. The van der Waals surface area contributed by atoms with Crippen LogP contribution in [-0.2, 0) is 6.54 Å². The number of hydrogen-bond donors (Lipinski definition) is 2. The summed E-state index contributed by atoms with van der Waals surface area (Å²) in [6.45, 7) is 7.31. The van der Waals surface area contributed by atoms with E-state index in [1.807, 2.05) is 6.20 Å². The van der Waals surface area contributed by atoms with Crippen LogP contribution in [0.15, 0.2) is 18.3 Å². The average molecular weight is 255 g/mol. The molecule has 0 aliphatic heterocycles. The summed E-state index contributed by atoms with van der Waals surface area (Å²) >= 11 is 0. The van der Waals surface area contributed by atoms with Crippen molar-refractivity contribution in [1.29, 1.82) is 0 Å². The molecule has 0 bridgehead atoms. The van der Waals surface area contributed by atoms with Crippen molar-refractivity contribution in [1.82, 2.24) is 15.3 Å². The van der Waals surface area contributed by atoms with Crippen LogP contribution in [0.1, 0.15) is 35.4 Å². The zero-order valence-corrected chi connectivity index (χ0v) is 11.9. The molecule has 3 rings (SSSR count). The summed E-state index contributed by atoms with van der Waals surface area (Å²) in [4.78, 5) is 7.92. The van der Waals surface area contributed by atoms with Crippen molar-refractivity contribution in [3.8, 4) is 11.3 Å². The van der Waals surface area contributed by atoms with Crippen LogP contribution in [0.2, 0.25) is 0 Å². The number of rotatable bonds is 4. The zero-order valence-electron chi connectivity index (χ0n) is 11.9. The number of imidazole rings is 1. The molecule has 2 aromatic rings. The largest absolute Gasteiger partial charge is 0.341 e. The first-order valence-electron chi connectivity index (χ1n) is 6.99. The fourth-order valence-electron chi connectivity index (χ4n) is 2.71. The Balaban J connectivity index is 1.85. The molecule has 0 saturated heterocycles. The fraction of sp³-hybridized carbons (Fsp3) is 0.438. The van der Waals surface area contributed by atoms with Crippen molar-refractivity contribution < 1.29 is 0 Å². The predicted molar refractivity (Wildman–Crippen MR) is 78.1 cm³/mol. The lowest BCUT2D eigenvalue weighted by Crippen LogP contribution is -2.16. The van der Waals surface area contributed by atoms with E-state index in [9.17, 15) is 0 Å². The van der Waals surface area contributed by atoms with Crippen molar-refractivity contribution in [2.24, 2.45) is 0 Å². The van der Waals surface area contributed by atoms with E-state index in [2.05, 4.69) is 48.2 Å². The molecule has 1 aliphatic carbocycles. The Morgan fingerprint density at radius 3 is 2.53 bits per heavy atom. The quantitative estimate of drug-likeness (QED) is 0.880. The molecule has 100 valence electrons. The monoisotopic (exact) mass is 255 g/mol. The van der Waals surface area contributed by atoms with Crippen LogP contribution in [0, 0.1) is 20.8 Å². The summed E-state index contributed by atoms with van der Waals surface area (Å²) in [7, 11) is 0. The van der Waals surface area contributed by atoms with Crippen molar-refractivity contribution in [2.45, 2.75) is 46.2 Å². The van der Waals surface area contributed by atoms with E-state index >= 15 is 0 Å². The Morgan fingerprint density at radius 2 is 1.89 bits per heavy atom. The molecule has 1 aromatic carbocycles. The molecule has 1 aromatic heterocycles. The number of nitrogens with zero attached hydrogens (tertiary/aromatic N) is 1. The number of H-pyrrole nitrogens is 1. The maximum atomic E-state index is 4.48. The van der Waals surface area contributed by atoms with Crippen molar-refractivity contribution in [3.05, 3.63) is 40.8 Å². The number of hydrogen-bond acceptors (Lipinski definition) is 2. The first kappa shape index (κ1) is 12.4. The molecular weight excluding hydrogens is 234 g/mol. The van der Waals surface area contributed by atoms with E-state index in [4.69, 9.17) is 0 Å². The number of benzene rings is 1. The lowest BCUT2D eigenvalue weighted by Gasteiger charge is -2.09. The Hall–Kier alpha value is -1.61. The van der Waals surface area contributed by atoms with E-state index in [1.54, 1.807) is 0 Å². The predicted octanol–water partition coefficient (Wildman–Crippen LogP) is 3.25. The molecule has 1 saturated carbocycles. The number of aromatic nitrogens is 2. The highest BCUT2D eigenvalue weighted by Gasteiger charge is 2.20. The Kier molecular flexibility index (Phi) is 3.15. The second kappa shape index (κ2) is 4.82. The van der Waals surface area contributed by atoms with Gasteiger partial charge in [0.1, 0.15) is 5.82 Å². The van der Waals surface area contributed by atoms with Crippen LogP contribution >= 0.6 is 0 Å². The van der Waals surface area contributed by atoms with Crippen LogP contribution in [0.25, 0.3) is 11.3 Å². The topological polar surface area (TPSA) is 40.7 Å². The standard InChI is InChI=1S/C16H21N3/c1-10-6-11(2)16(12(3)7-10)14-8-18-15(19-14)9-17-13-4-5-13/h6-8,13,17H,4-5,9H2,1-3H3,(H,18,19). The normalized spacial score (nSPS) is 14.9. The van der Waals surface area contributed by atoms with Gasteiger partial charge in [-0.05, 0) is 44.7 Å². The highest BCUT2D eigenvalue weighted by Crippen LogP contribution is 2.27. The van der Waals surface area contributed by atoms with Crippen molar-refractivity contribution in [3.63, 3.8) is 0 Å². The van der Waals surface area contributed by atoms with Gasteiger partial charge in [-0.15, -0.1) is 0 Å². The molecular formula is C16H21N3. The minimum Gasteiger partial charge on any atom is -0.341 e. The summed E-state index contributed by atoms with van der Waals surface area (Å²) in [6, 6.07) is 5.17. The molecule has 1 aliphatic rings. The molecule has 0 spiro atoms. The first-order valence-corrected chi connectivity index (χ1v) is 6.99. The fourth-order valence-corrected chi connectivity index (χ4v) is 2.71. The molecule has 0 atom stereocenters. The van der Waals surface area contributed by atoms with E-state index < -0.39 is 0 Å². The first-order chi connectivity index (χ1) is 9.13. The van der Waals surface area contributed by atoms with Gasteiger partial charge in [-0.3, -0.25) is 0 Å². The summed E-state index contributed by atoms with van der Waals surface area (Å²) in [5, 5.41) is 3.48. The number of aryl methyl sites for hydroxylation is 3. The molecule has 0 radical (unpaired) electrons. The Labute approximate surface area is 114 Å². The van der Waals surface area contributed by atoms with Gasteiger partial charge in [0.05, 0.1) is 18.4 Å². The highest BCUT2D eigenvalue weighted by atomic mass is 15.0. The van der Waals surface area contributed by atoms with Crippen molar-refractivity contribution in [2.75, 3.05) is 0 Å². The molecule has 0 unspecified atom stereocenters. The summed E-state index contributed by atoms with van der Waals surface area (Å²) in [5.74, 6) is 1.03. The SMILES string of the molecule is Cc1cc(C)c(-c2cnc(CNC3CC3)[nH]2)c(C)c1. The third-order valence-electron chi connectivity index (χ3n) is 3.71. The van der Waals surface area contributed by atoms with Crippen molar-refractivity contribution >= 4 is 0 Å². The van der Waals surface area contributed by atoms with Crippen LogP contribution in [0.4, 0.5) is 0 Å². The van der Waals surface area contributed by atoms with Gasteiger partial charge < -0.3 is 10.3 Å². The number of aromatic amines is 1. The van der Waals surface area contributed by atoms with Gasteiger partial charge in [0, 0.05) is 11.6 Å². The van der Waals surface area contributed by atoms with E-state index in [1.165, 1.54) is 35.1 Å². The average Bonchev–Trinajstić information content (AvgIpc) is 3.05.